The molecule has 5 heteroatoms. The van der Waals surface area contributed by atoms with Gasteiger partial charge in [0.05, 0.1) is 12.7 Å². The quantitative estimate of drug-likeness (QED) is 0.833. The minimum Gasteiger partial charge on any atom is -0.494 e. The fourth-order valence-corrected chi connectivity index (χ4v) is 2.86. The molecule has 0 aromatic heterocycles. The van der Waals surface area contributed by atoms with E-state index in [4.69, 9.17) is 4.74 Å². The van der Waals surface area contributed by atoms with Crippen LogP contribution >= 0.6 is 0 Å². The lowest BCUT2D eigenvalue weighted by molar-refractivity contribution is 0.0820. The summed E-state index contributed by atoms with van der Waals surface area (Å²) in [6.07, 6.45) is 2.41. The van der Waals surface area contributed by atoms with E-state index in [1.54, 1.807) is 0 Å². The SMILES string of the molecule is CC(C)CCOc1cccc(NC(=O)N2CCC(C(C)O)CC2)c1. The molecule has 1 aromatic carbocycles. The summed E-state index contributed by atoms with van der Waals surface area (Å²) in [6.45, 7) is 8.21. The monoisotopic (exact) mass is 334 g/mol. The van der Waals surface area contributed by atoms with E-state index in [2.05, 4.69) is 19.2 Å². The number of urea groups is 1. The molecule has 1 heterocycles. The van der Waals surface area contributed by atoms with Crippen LogP contribution in [0.15, 0.2) is 24.3 Å². The fourth-order valence-electron chi connectivity index (χ4n) is 2.86. The lowest BCUT2D eigenvalue weighted by atomic mass is 9.92. The van der Waals surface area contributed by atoms with Gasteiger partial charge in [-0.3, -0.25) is 0 Å². The van der Waals surface area contributed by atoms with E-state index < -0.39 is 0 Å². The van der Waals surface area contributed by atoms with Crippen LogP contribution in [0.25, 0.3) is 0 Å². The predicted octanol–water partition coefficient (Wildman–Crippen LogP) is 3.74. The van der Waals surface area contributed by atoms with Crippen molar-refractivity contribution in [2.24, 2.45) is 11.8 Å². The highest BCUT2D eigenvalue weighted by Crippen LogP contribution is 2.22. The highest BCUT2D eigenvalue weighted by atomic mass is 16.5. The van der Waals surface area contributed by atoms with Crippen LogP contribution in [0, 0.1) is 11.8 Å². The molecule has 1 saturated heterocycles. The Kier molecular flexibility index (Phi) is 6.91. The maximum absolute atomic E-state index is 12.4. The molecule has 1 aromatic rings. The van der Waals surface area contributed by atoms with Crippen LogP contribution in [-0.2, 0) is 0 Å². The van der Waals surface area contributed by atoms with Gasteiger partial charge in [0.15, 0.2) is 0 Å². The van der Waals surface area contributed by atoms with E-state index in [0.29, 0.717) is 31.5 Å². The van der Waals surface area contributed by atoms with E-state index >= 15 is 0 Å². The number of anilines is 1. The number of carbonyl (C=O) groups excluding carboxylic acids is 1. The van der Waals surface area contributed by atoms with Crippen molar-refractivity contribution in [1.82, 2.24) is 4.90 Å². The van der Waals surface area contributed by atoms with E-state index in [9.17, 15) is 9.90 Å². The Balaban J connectivity index is 1.83. The predicted molar refractivity (Wildman–Crippen MR) is 96.4 cm³/mol. The zero-order valence-corrected chi connectivity index (χ0v) is 15.0. The number of carbonyl (C=O) groups is 1. The molecule has 0 spiro atoms. The van der Waals surface area contributed by atoms with Gasteiger partial charge in [0, 0.05) is 24.8 Å². The van der Waals surface area contributed by atoms with Crippen molar-refractivity contribution < 1.29 is 14.6 Å². The first kappa shape index (κ1) is 18.6. The number of aliphatic hydroxyl groups is 1. The molecule has 2 amide bonds. The zero-order valence-electron chi connectivity index (χ0n) is 15.0. The third kappa shape index (κ3) is 5.71. The first-order valence-corrected chi connectivity index (χ1v) is 8.92. The standard InChI is InChI=1S/C19H30N2O3/c1-14(2)9-12-24-18-6-4-5-17(13-18)20-19(23)21-10-7-16(8-11-21)15(3)22/h4-6,13-16,22H,7-12H2,1-3H3,(H,20,23). The molecular weight excluding hydrogens is 304 g/mol. The van der Waals surface area contributed by atoms with Gasteiger partial charge >= 0.3 is 6.03 Å². The number of amides is 2. The minimum absolute atomic E-state index is 0.0848. The van der Waals surface area contributed by atoms with E-state index in [-0.39, 0.29) is 12.1 Å². The Hall–Kier alpha value is -1.75. The zero-order chi connectivity index (χ0) is 17.5. The number of hydrogen-bond donors (Lipinski definition) is 2. The maximum atomic E-state index is 12.4. The Morgan fingerprint density at radius 1 is 1.33 bits per heavy atom. The summed E-state index contributed by atoms with van der Waals surface area (Å²) in [4.78, 5) is 14.2. The van der Waals surface area contributed by atoms with Crippen LogP contribution in [0.3, 0.4) is 0 Å². The summed E-state index contributed by atoms with van der Waals surface area (Å²) < 4.78 is 5.73. The van der Waals surface area contributed by atoms with Gasteiger partial charge in [-0.1, -0.05) is 19.9 Å². The van der Waals surface area contributed by atoms with Crippen molar-refractivity contribution in [1.29, 1.82) is 0 Å². The number of ether oxygens (including phenoxy) is 1. The Morgan fingerprint density at radius 2 is 2.04 bits per heavy atom. The van der Waals surface area contributed by atoms with Gasteiger partial charge in [0.2, 0.25) is 0 Å². The van der Waals surface area contributed by atoms with Crippen molar-refractivity contribution in [3.63, 3.8) is 0 Å². The van der Waals surface area contributed by atoms with Crippen molar-refractivity contribution in [3.8, 4) is 5.75 Å². The molecule has 2 rings (SSSR count). The number of likely N-dealkylation sites (tertiary alicyclic amines) is 1. The van der Waals surface area contributed by atoms with Gasteiger partial charge in [-0.05, 0) is 50.2 Å². The van der Waals surface area contributed by atoms with E-state index in [1.807, 2.05) is 36.1 Å². The highest BCUT2D eigenvalue weighted by Gasteiger charge is 2.25. The molecule has 0 radical (unpaired) electrons. The van der Waals surface area contributed by atoms with Crippen LogP contribution in [0.5, 0.6) is 5.75 Å². The fraction of sp³-hybridized carbons (Fsp3) is 0.632. The normalized spacial score (nSPS) is 17.0. The number of aliphatic hydroxyl groups excluding tert-OH is 1. The van der Waals surface area contributed by atoms with Crippen LogP contribution in [0.4, 0.5) is 10.5 Å². The molecule has 2 N–H and O–H groups in total. The van der Waals surface area contributed by atoms with Gasteiger partial charge in [-0.2, -0.15) is 0 Å². The number of hydrogen-bond acceptors (Lipinski definition) is 3. The maximum Gasteiger partial charge on any atom is 0.321 e. The Labute approximate surface area is 145 Å². The Bertz CT molecular complexity index is 523. The number of piperidine rings is 1. The number of benzene rings is 1. The third-order valence-corrected chi connectivity index (χ3v) is 4.56. The number of nitrogens with one attached hydrogen (secondary N) is 1. The van der Waals surface area contributed by atoms with Gasteiger partial charge in [0.1, 0.15) is 5.75 Å². The lowest BCUT2D eigenvalue weighted by Crippen LogP contribution is -2.42. The van der Waals surface area contributed by atoms with E-state index in [1.165, 1.54) is 0 Å². The van der Waals surface area contributed by atoms with Crippen LogP contribution in [0.2, 0.25) is 0 Å². The summed E-state index contributed by atoms with van der Waals surface area (Å²) in [5, 5.41) is 12.6. The molecule has 134 valence electrons. The minimum atomic E-state index is -0.296. The van der Waals surface area contributed by atoms with Gasteiger partial charge in [-0.15, -0.1) is 0 Å². The second-order valence-electron chi connectivity index (χ2n) is 7.05. The van der Waals surface area contributed by atoms with Crippen molar-refractivity contribution >= 4 is 11.7 Å². The molecule has 1 unspecified atom stereocenters. The molecular formula is C19H30N2O3. The Morgan fingerprint density at radius 3 is 2.67 bits per heavy atom. The molecule has 0 aliphatic carbocycles. The van der Waals surface area contributed by atoms with Gasteiger partial charge in [-0.25, -0.2) is 4.79 Å². The summed E-state index contributed by atoms with van der Waals surface area (Å²) in [7, 11) is 0. The van der Waals surface area contributed by atoms with Crippen LogP contribution in [-0.4, -0.2) is 41.8 Å². The van der Waals surface area contributed by atoms with Crippen molar-refractivity contribution in [2.45, 2.75) is 46.1 Å². The average Bonchev–Trinajstić information content (AvgIpc) is 2.55. The summed E-state index contributed by atoms with van der Waals surface area (Å²) >= 11 is 0. The lowest BCUT2D eigenvalue weighted by Gasteiger charge is -2.33. The molecule has 24 heavy (non-hydrogen) atoms. The summed E-state index contributed by atoms with van der Waals surface area (Å²) in [5.41, 5.74) is 0.750. The molecule has 0 saturated carbocycles. The van der Waals surface area contributed by atoms with Gasteiger partial charge < -0.3 is 20.1 Å². The number of nitrogens with zero attached hydrogens (tertiary/aromatic N) is 1. The molecule has 5 nitrogen and oxygen atoms in total. The average molecular weight is 334 g/mol. The number of rotatable bonds is 6. The first-order valence-electron chi connectivity index (χ1n) is 8.92. The summed E-state index contributed by atoms with van der Waals surface area (Å²) in [6, 6.07) is 7.44. The van der Waals surface area contributed by atoms with Gasteiger partial charge in [0.25, 0.3) is 0 Å². The molecule has 0 bridgehead atoms. The highest BCUT2D eigenvalue weighted by molar-refractivity contribution is 5.89. The molecule has 1 aliphatic rings. The van der Waals surface area contributed by atoms with E-state index in [0.717, 1.165) is 30.7 Å². The second-order valence-corrected chi connectivity index (χ2v) is 7.05. The molecule has 1 atom stereocenters. The second kappa shape index (κ2) is 8.92. The molecule has 1 aliphatic heterocycles. The first-order chi connectivity index (χ1) is 11.5. The third-order valence-electron chi connectivity index (χ3n) is 4.56. The largest absolute Gasteiger partial charge is 0.494 e. The van der Waals surface area contributed by atoms with Crippen molar-refractivity contribution in [3.05, 3.63) is 24.3 Å². The molecule has 1 fully saturated rings. The van der Waals surface area contributed by atoms with Crippen LogP contribution < -0.4 is 10.1 Å². The van der Waals surface area contributed by atoms with Crippen LogP contribution in [0.1, 0.15) is 40.0 Å². The topological polar surface area (TPSA) is 61.8 Å². The smallest absolute Gasteiger partial charge is 0.321 e. The van der Waals surface area contributed by atoms with Crippen molar-refractivity contribution in [2.75, 3.05) is 25.0 Å². The summed E-state index contributed by atoms with van der Waals surface area (Å²) in [5.74, 6) is 1.69.